The van der Waals surface area contributed by atoms with Crippen LogP contribution in [-0.4, -0.2) is 11.2 Å². The number of hydrogen-bond acceptors (Lipinski definition) is 3. The highest BCUT2D eigenvalue weighted by Gasteiger charge is 1.93. The van der Waals surface area contributed by atoms with Crippen LogP contribution in [0.15, 0.2) is 23.5 Å². The molecule has 0 fully saturated rings. The van der Waals surface area contributed by atoms with E-state index in [9.17, 15) is 0 Å². The SMILES string of the molecule is CC(C)CC=NOc1ccc(Cl)nc1. The van der Waals surface area contributed by atoms with Crippen LogP contribution in [0.5, 0.6) is 5.75 Å². The molecule has 0 unspecified atom stereocenters. The molecule has 1 rings (SSSR count). The molecule has 0 saturated carbocycles. The number of rotatable bonds is 4. The molecule has 0 aromatic carbocycles. The Hall–Kier alpha value is -1.09. The minimum atomic E-state index is 0.448. The molecule has 1 heterocycles. The Morgan fingerprint density at radius 3 is 2.93 bits per heavy atom. The Labute approximate surface area is 88.7 Å². The molecule has 0 aliphatic carbocycles. The molecule has 3 nitrogen and oxygen atoms in total. The molecule has 0 spiro atoms. The molecule has 0 atom stereocenters. The van der Waals surface area contributed by atoms with E-state index >= 15 is 0 Å². The van der Waals surface area contributed by atoms with E-state index in [1.807, 2.05) is 0 Å². The van der Waals surface area contributed by atoms with Crippen LogP contribution < -0.4 is 4.84 Å². The Bertz CT molecular complexity index is 295. The Kier molecular flexibility index (Phi) is 4.40. The van der Waals surface area contributed by atoms with E-state index < -0.39 is 0 Å². The van der Waals surface area contributed by atoms with Crippen molar-refractivity contribution in [2.75, 3.05) is 0 Å². The van der Waals surface area contributed by atoms with Gasteiger partial charge in [-0.2, -0.15) is 0 Å². The quantitative estimate of drug-likeness (QED) is 0.437. The van der Waals surface area contributed by atoms with Crippen LogP contribution in [0.3, 0.4) is 0 Å². The zero-order valence-electron chi connectivity index (χ0n) is 8.27. The van der Waals surface area contributed by atoms with Crippen molar-refractivity contribution in [1.82, 2.24) is 4.98 Å². The molecule has 0 bridgehead atoms. The summed E-state index contributed by atoms with van der Waals surface area (Å²) in [4.78, 5) is 8.92. The predicted octanol–water partition coefficient (Wildman–Crippen LogP) is 3.15. The second-order valence-corrected chi connectivity index (χ2v) is 3.71. The highest BCUT2D eigenvalue weighted by Crippen LogP contribution is 2.11. The number of hydrogen-bond donors (Lipinski definition) is 0. The normalized spacial score (nSPS) is 11.1. The van der Waals surface area contributed by atoms with Gasteiger partial charge < -0.3 is 4.84 Å². The van der Waals surface area contributed by atoms with Crippen LogP contribution in [-0.2, 0) is 0 Å². The van der Waals surface area contributed by atoms with Crippen LogP contribution in [0.25, 0.3) is 0 Å². The largest absolute Gasteiger partial charge is 0.356 e. The fourth-order valence-electron chi connectivity index (χ4n) is 0.768. The first-order valence-corrected chi connectivity index (χ1v) is 4.86. The van der Waals surface area contributed by atoms with E-state index in [4.69, 9.17) is 16.4 Å². The average molecular weight is 213 g/mol. The van der Waals surface area contributed by atoms with E-state index in [1.54, 1.807) is 18.3 Å². The van der Waals surface area contributed by atoms with Crippen LogP contribution in [0.1, 0.15) is 20.3 Å². The highest BCUT2D eigenvalue weighted by molar-refractivity contribution is 6.29. The van der Waals surface area contributed by atoms with Gasteiger partial charge in [0.15, 0.2) is 5.75 Å². The first-order chi connectivity index (χ1) is 6.68. The van der Waals surface area contributed by atoms with E-state index in [-0.39, 0.29) is 0 Å². The number of pyridine rings is 1. The topological polar surface area (TPSA) is 34.5 Å². The summed E-state index contributed by atoms with van der Waals surface area (Å²) in [6, 6.07) is 3.39. The van der Waals surface area contributed by atoms with Crippen LogP contribution in [0.2, 0.25) is 5.15 Å². The lowest BCUT2D eigenvalue weighted by atomic mass is 10.2. The molecule has 0 aliphatic rings. The van der Waals surface area contributed by atoms with Gasteiger partial charge in [0.25, 0.3) is 0 Å². The van der Waals surface area contributed by atoms with Crippen molar-refractivity contribution in [3.05, 3.63) is 23.5 Å². The summed E-state index contributed by atoms with van der Waals surface area (Å²) in [5.41, 5.74) is 0. The third-order valence-electron chi connectivity index (χ3n) is 1.51. The second kappa shape index (κ2) is 5.60. The summed E-state index contributed by atoms with van der Waals surface area (Å²) >= 11 is 5.61. The number of nitrogens with zero attached hydrogens (tertiary/aromatic N) is 2. The maximum atomic E-state index is 5.61. The summed E-state index contributed by atoms with van der Waals surface area (Å²) in [6.07, 6.45) is 4.19. The minimum Gasteiger partial charge on any atom is -0.356 e. The highest BCUT2D eigenvalue weighted by atomic mass is 35.5. The van der Waals surface area contributed by atoms with Gasteiger partial charge in [-0.05, 0) is 24.5 Å². The smallest absolute Gasteiger partial charge is 0.176 e. The number of halogens is 1. The van der Waals surface area contributed by atoms with Gasteiger partial charge in [-0.3, -0.25) is 0 Å². The molecule has 14 heavy (non-hydrogen) atoms. The number of aromatic nitrogens is 1. The van der Waals surface area contributed by atoms with Crippen molar-refractivity contribution in [3.8, 4) is 5.75 Å². The third-order valence-corrected chi connectivity index (χ3v) is 1.73. The Morgan fingerprint density at radius 2 is 2.36 bits per heavy atom. The molecule has 0 saturated heterocycles. The molecular weight excluding hydrogens is 200 g/mol. The third kappa shape index (κ3) is 4.23. The summed E-state index contributed by atoms with van der Waals surface area (Å²) in [7, 11) is 0. The lowest BCUT2D eigenvalue weighted by Crippen LogP contribution is -1.90. The molecule has 76 valence electrons. The van der Waals surface area contributed by atoms with Gasteiger partial charge in [0, 0.05) is 6.21 Å². The lowest BCUT2D eigenvalue weighted by molar-refractivity contribution is 0.340. The molecule has 0 amide bonds. The van der Waals surface area contributed by atoms with E-state index in [0.717, 1.165) is 6.42 Å². The Balaban J connectivity index is 2.38. The number of oxime groups is 1. The van der Waals surface area contributed by atoms with E-state index in [1.165, 1.54) is 6.20 Å². The monoisotopic (exact) mass is 212 g/mol. The van der Waals surface area contributed by atoms with Crippen molar-refractivity contribution in [2.45, 2.75) is 20.3 Å². The maximum absolute atomic E-state index is 5.61. The van der Waals surface area contributed by atoms with Crippen molar-refractivity contribution < 1.29 is 4.84 Å². The predicted molar refractivity (Wildman–Crippen MR) is 57.8 cm³/mol. The molecule has 1 aromatic heterocycles. The van der Waals surface area contributed by atoms with E-state index in [2.05, 4.69) is 24.0 Å². The molecule has 0 aliphatic heterocycles. The average Bonchev–Trinajstić information content (AvgIpc) is 2.15. The summed E-state index contributed by atoms with van der Waals surface area (Å²) in [5.74, 6) is 1.18. The Morgan fingerprint density at radius 1 is 1.57 bits per heavy atom. The van der Waals surface area contributed by atoms with Crippen molar-refractivity contribution in [1.29, 1.82) is 0 Å². The van der Waals surface area contributed by atoms with Crippen molar-refractivity contribution in [3.63, 3.8) is 0 Å². The van der Waals surface area contributed by atoms with Gasteiger partial charge in [0.2, 0.25) is 0 Å². The zero-order chi connectivity index (χ0) is 10.4. The van der Waals surface area contributed by atoms with Gasteiger partial charge in [0.05, 0.1) is 6.20 Å². The minimum absolute atomic E-state index is 0.448. The zero-order valence-corrected chi connectivity index (χ0v) is 9.03. The molecular formula is C10H13ClN2O. The van der Waals surface area contributed by atoms with Gasteiger partial charge in [-0.15, -0.1) is 0 Å². The fraction of sp³-hybridized carbons (Fsp3) is 0.400. The molecule has 0 N–H and O–H groups in total. The first kappa shape index (κ1) is 11.0. The van der Waals surface area contributed by atoms with E-state index in [0.29, 0.717) is 16.8 Å². The van der Waals surface area contributed by atoms with Gasteiger partial charge >= 0.3 is 0 Å². The summed E-state index contributed by atoms with van der Waals surface area (Å²) in [5, 5.41) is 4.25. The molecule has 0 radical (unpaired) electrons. The second-order valence-electron chi connectivity index (χ2n) is 3.33. The standard InChI is InChI=1S/C10H13ClN2O/c1-8(2)5-6-13-14-9-3-4-10(11)12-7-9/h3-4,6-8H,5H2,1-2H3. The van der Waals surface area contributed by atoms with Gasteiger partial charge in [0.1, 0.15) is 5.15 Å². The van der Waals surface area contributed by atoms with Gasteiger partial charge in [-0.1, -0.05) is 30.6 Å². The van der Waals surface area contributed by atoms with Crippen molar-refractivity contribution in [2.24, 2.45) is 11.1 Å². The first-order valence-electron chi connectivity index (χ1n) is 4.49. The van der Waals surface area contributed by atoms with Crippen molar-refractivity contribution >= 4 is 17.8 Å². The molecule has 4 heteroatoms. The summed E-state index contributed by atoms with van der Waals surface area (Å²) < 4.78 is 0. The summed E-state index contributed by atoms with van der Waals surface area (Å²) in [6.45, 7) is 4.24. The van der Waals surface area contributed by atoms with Crippen LogP contribution in [0.4, 0.5) is 0 Å². The van der Waals surface area contributed by atoms with Crippen LogP contribution in [0, 0.1) is 5.92 Å². The maximum Gasteiger partial charge on any atom is 0.176 e. The van der Waals surface area contributed by atoms with Crippen LogP contribution >= 0.6 is 11.6 Å². The fourth-order valence-corrected chi connectivity index (χ4v) is 0.880. The molecule has 1 aromatic rings. The lowest BCUT2D eigenvalue weighted by Gasteiger charge is -1.98. The van der Waals surface area contributed by atoms with Gasteiger partial charge in [-0.25, -0.2) is 4.98 Å².